The Bertz CT molecular complexity index is 705. The van der Waals surface area contributed by atoms with Gasteiger partial charge in [0.15, 0.2) is 5.60 Å². The molecule has 0 aliphatic carbocycles. The highest BCUT2D eigenvalue weighted by molar-refractivity contribution is 5.91. The van der Waals surface area contributed by atoms with Crippen LogP contribution in [-0.2, 0) is 19.9 Å². The Balaban J connectivity index is 1.72. The number of benzene rings is 2. The van der Waals surface area contributed by atoms with Crippen molar-refractivity contribution in [2.45, 2.75) is 24.2 Å². The van der Waals surface area contributed by atoms with E-state index in [2.05, 4.69) is 6.58 Å². The van der Waals surface area contributed by atoms with E-state index >= 15 is 0 Å². The molecule has 0 aromatic heterocycles. The van der Waals surface area contributed by atoms with Gasteiger partial charge >= 0.3 is 5.97 Å². The van der Waals surface area contributed by atoms with Gasteiger partial charge < -0.3 is 9.47 Å². The fourth-order valence-corrected chi connectivity index (χ4v) is 3.23. The summed E-state index contributed by atoms with van der Waals surface area (Å²) in [5.41, 5.74) is 1.82. The Kier molecular flexibility index (Phi) is 2.91. The molecule has 3 atom stereocenters. The third-order valence-corrected chi connectivity index (χ3v) is 4.38. The number of cyclic esters (lactones) is 1. The highest BCUT2D eigenvalue weighted by Crippen LogP contribution is 2.55. The summed E-state index contributed by atoms with van der Waals surface area (Å²) in [6.45, 7) is 3.83. The van der Waals surface area contributed by atoms with Crippen molar-refractivity contribution >= 4 is 5.97 Å². The first kappa shape index (κ1) is 13.3. The van der Waals surface area contributed by atoms with Crippen LogP contribution in [0.25, 0.3) is 0 Å². The smallest absolute Gasteiger partial charge is 0.334 e. The Morgan fingerprint density at radius 1 is 1.00 bits per heavy atom. The van der Waals surface area contributed by atoms with Gasteiger partial charge in [-0.2, -0.15) is 0 Å². The lowest BCUT2D eigenvalue weighted by Gasteiger charge is -2.26. The monoisotopic (exact) mass is 292 g/mol. The largest absolute Gasteiger partial charge is 0.448 e. The summed E-state index contributed by atoms with van der Waals surface area (Å²) in [5.74, 6) is -0.328. The van der Waals surface area contributed by atoms with E-state index in [0.717, 1.165) is 11.1 Å². The maximum atomic E-state index is 12.0. The highest BCUT2D eigenvalue weighted by Gasteiger charge is 2.61. The lowest BCUT2D eigenvalue weighted by molar-refractivity contribution is -0.149. The van der Waals surface area contributed by atoms with Crippen LogP contribution in [0.15, 0.2) is 72.8 Å². The number of ether oxygens (including phenoxy) is 2. The van der Waals surface area contributed by atoms with Gasteiger partial charge in [0.25, 0.3) is 0 Å². The molecule has 0 radical (unpaired) electrons. The number of rotatable bonds is 3. The van der Waals surface area contributed by atoms with Gasteiger partial charge in [-0.05, 0) is 11.1 Å². The molecule has 3 nitrogen and oxygen atoms in total. The van der Waals surface area contributed by atoms with E-state index in [4.69, 9.17) is 9.47 Å². The molecule has 110 valence electrons. The molecule has 0 N–H and O–H groups in total. The molecule has 2 aliphatic rings. The first-order valence-electron chi connectivity index (χ1n) is 7.38. The van der Waals surface area contributed by atoms with Gasteiger partial charge in [-0.3, -0.25) is 0 Å². The average Bonchev–Trinajstić information content (AvgIpc) is 3.31. The van der Waals surface area contributed by atoms with Gasteiger partial charge in [0.05, 0.1) is 0 Å². The number of hydrogen-bond donors (Lipinski definition) is 0. The van der Waals surface area contributed by atoms with Crippen molar-refractivity contribution in [3.05, 3.63) is 83.9 Å². The normalized spacial score (nSPS) is 30.2. The predicted molar refractivity (Wildman–Crippen MR) is 82.0 cm³/mol. The number of esters is 1. The fraction of sp³-hybridized carbons (Fsp3) is 0.211. The summed E-state index contributed by atoms with van der Waals surface area (Å²) in [5, 5.41) is 0. The zero-order valence-electron chi connectivity index (χ0n) is 12.1. The van der Waals surface area contributed by atoms with Crippen molar-refractivity contribution in [3.8, 4) is 0 Å². The minimum absolute atomic E-state index is 0.0416. The van der Waals surface area contributed by atoms with Gasteiger partial charge in [0, 0.05) is 12.0 Å². The molecule has 0 spiro atoms. The average molecular weight is 292 g/mol. The summed E-state index contributed by atoms with van der Waals surface area (Å²) in [6, 6.07) is 19.8. The van der Waals surface area contributed by atoms with Crippen molar-refractivity contribution in [3.63, 3.8) is 0 Å². The van der Waals surface area contributed by atoms with Crippen LogP contribution in [0.5, 0.6) is 0 Å². The van der Waals surface area contributed by atoms with Crippen molar-refractivity contribution < 1.29 is 14.3 Å². The third kappa shape index (κ3) is 1.97. The molecule has 0 amide bonds. The van der Waals surface area contributed by atoms with Gasteiger partial charge in [0.1, 0.15) is 12.2 Å². The summed E-state index contributed by atoms with van der Waals surface area (Å²) in [7, 11) is 0. The predicted octanol–water partition coefficient (Wildman–Crippen LogP) is 3.53. The first-order valence-corrected chi connectivity index (χ1v) is 7.38. The van der Waals surface area contributed by atoms with Crippen LogP contribution in [0.2, 0.25) is 0 Å². The van der Waals surface area contributed by atoms with Crippen molar-refractivity contribution in [2.75, 3.05) is 0 Å². The van der Waals surface area contributed by atoms with Gasteiger partial charge in [-0.25, -0.2) is 4.79 Å². The van der Waals surface area contributed by atoms with Crippen LogP contribution < -0.4 is 0 Å². The number of epoxide rings is 1. The summed E-state index contributed by atoms with van der Waals surface area (Å²) in [4.78, 5) is 12.0. The molecular weight excluding hydrogens is 276 g/mol. The SMILES string of the molecule is C=C1CC(c2ccccc2)(C2OC2c2ccccc2)OC1=O. The zero-order valence-corrected chi connectivity index (χ0v) is 12.1. The molecule has 2 heterocycles. The molecule has 3 heteroatoms. The minimum Gasteiger partial charge on any atom is -0.448 e. The second kappa shape index (κ2) is 4.82. The number of hydrogen-bond acceptors (Lipinski definition) is 3. The van der Waals surface area contributed by atoms with Crippen LogP contribution in [0.4, 0.5) is 0 Å². The van der Waals surface area contributed by atoms with Gasteiger partial charge in [-0.15, -0.1) is 0 Å². The highest BCUT2D eigenvalue weighted by atomic mass is 16.6. The van der Waals surface area contributed by atoms with E-state index < -0.39 is 5.60 Å². The van der Waals surface area contributed by atoms with Crippen molar-refractivity contribution in [1.29, 1.82) is 0 Å². The van der Waals surface area contributed by atoms with Crippen LogP contribution >= 0.6 is 0 Å². The molecule has 2 fully saturated rings. The number of carbonyl (C=O) groups excluding carboxylic acids is 1. The quantitative estimate of drug-likeness (QED) is 0.493. The van der Waals surface area contributed by atoms with E-state index in [1.54, 1.807) is 0 Å². The molecule has 2 aliphatic heterocycles. The maximum Gasteiger partial charge on any atom is 0.334 e. The third-order valence-electron chi connectivity index (χ3n) is 4.38. The minimum atomic E-state index is -0.754. The molecule has 0 bridgehead atoms. The standard InChI is InChI=1S/C19H16O3/c1-13-12-19(22-18(13)20,15-10-6-3-7-11-15)17-16(21-17)14-8-4-2-5-9-14/h2-11,16-17H,1,12H2. The number of carbonyl (C=O) groups is 1. The summed E-state index contributed by atoms with van der Waals surface area (Å²) >= 11 is 0. The van der Waals surface area contributed by atoms with E-state index in [1.807, 2.05) is 60.7 Å². The molecule has 4 rings (SSSR count). The second-order valence-electron chi connectivity index (χ2n) is 5.81. The van der Waals surface area contributed by atoms with E-state index in [1.165, 1.54) is 0 Å². The van der Waals surface area contributed by atoms with E-state index in [9.17, 15) is 4.79 Å². The summed E-state index contributed by atoms with van der Waals surface area (Å²) in [6.07, 6.45) is 0.268. The topological polar surface area (TPSA) is 38.8 Å². The molecule has 22 heavy (non-hydrogen) atoms. The van der Waals surface area contributed by atoms with E-state index in [-0.39, 0.29) is 18.2 Å². The Morgan fingerprint density at radius 2 is 1.64 bits per heavy atom. The Morgan fingerprint density at radius 3 is 2.23 bits per heavy atom. The van der Waals surface area contributed by atoms with Crippen molar-refractivity contribution in [1.82, 2.24) is 0 Å². The van der Waals surface area contributed by atoms with Crippen molar-refractivity contribution in [2.24, 2.45) is 0 Å². The molecule has 0 saturated carbocycles. The van der Waals surface area contributed by atoms with Crippen LogP contribution in [0.1, 0.15) is 23.7 Å². The maximum absolute atomic E-state index is 12.0. The molecule has 2 aromatic carbocycles. The molecular formula is C19H16O3. The Labute approximate surface area is 129 Å². The lowest BCUT2D eigenvalue weighted by atomic mass is 9.84. The zero-order chi connectivity index (χ0) is 15.2. The van der Waals surface area contributed by atoms with Crippen LogP contribution in [0.3, 0.4) is 0 Å². The lowest BCUT2D eigenvalue weighted by Crippen LogP contribution is -2.32. The van der Waals surface area contributed by atoms with Crippen LogP contribution in [0, 0.1) is 0 Å². The second-order valence-corrected chi connectivity index (χ2v) is 5.81. The first-order chi connectivity index (χ1) is 10.7. The van der Waals surface area contributed by atoms with Gasteiger partial charge in [0.2, 0.25) is 0 Å². The van der Waals surface area contributed by atoms with E-state index in [0.29, 0.717) is 12.0 Å². The molecule has 2 aromatic rings. The van der Waals surface area contributed by atoms with Crippen LogP contribution in [-0.4, -0.2) is 12.1 Å². The Hall–Kier alpha value is -2.39. The fourth-order valence-electron chi connectivity index (χ4n) is 3.23. The van der Waals surface area contributed by atoms with Gasteiger partial charge in [-0.1, -0.05) is 67.2 Å². The molecule has 2 saturated heterocycles. The molecule has 3 unspecified atom stereocenters. The summed E-state index contributed by atoms with van der Waals surface area (Å²) < 4.78 is 11.7.